The van der Waals surface area contributed by atoms with E-state index in [4.69, 9.17) is 0 Å². The Bertz CT molecular complexity index is 1120. The third kappa shape index (κ3) is 7.63. The number of rotatable bonds is 10. The fraction of sp³-hybridized carbons (Fsp3) is 0.360. The lowest BCUT2D eigenvalue weighted by atomic mass is 10.1. The van der Waals surface area contributed by atoms with Gasteiger partial charge in [-0.25, -0.2) is 4.39 Å². The van der Waals surface area contributed by atoms with Crippen LogP contribution in [0.1, 0.15) is 30.7 Å². The average Bonchev–Trinajstić information content (AvgIpc) is 3.25. The van der Waals surface area contributed by atoms with Gasteiger partial charge in [-0.15, -0.1) is 10.2 Å². The van der Waals surface area contributed by atoms with Crippen molar-refractivity contribution in [2.75, 3.05) is 30.7 Å². The Morgan fingerprint density at radius 2 is 1.66 bits per heavy atom. The van der Waals surface area contributed by atoms with E-state index in [1.807, 2.05) is 18.2 Å². The molecule has 8 nitrogen and oxygen atoms in total. The number of likely N-dealkylation sites (tertiary alicyclic amines) is 1. The number of benzene rings is 2. The molecule has 2 N–H and O–H groups in total. The summed E-state index contributed by atoms with van der Waals surface area (Å²) in [6.45, 7) is 3.30. The molecule has 3 aromatic rings. The molecule has 0 aliphatic carbocycles. The van der Waals surface area contributed by atoms with Crippen LogP contribution in [0.2, 0.25) is 0 Å². The molecular weight excluding hydrogens is 467 g/mol. The van der Waals surface area contributed by atoms with Crippen molar-refractivity contribution in [2.24, 2.45) is 0 Å². The van der Waals surface area contributed by atoms with Crippen LogP contribution in [0, 0.1) is 5.82 Å². The van der Waals surface area contributed by atoms with Gasteiger partial charge in [-0.05, 0) is 55.8 Å². The maximum Gasteiger partial charge on any atom is 0.243 e. The van der Waals surface area contributed by atoms with Crippen LogP contribution >= 0.6 is 11.8 Å². The fourth-order valence-electron chi connectivity index (χ4n) is 3.88. The minimum Gasteiger partial charge on any atom is -0.346 e. The van der Waals surface area contributed by atoms with E-state index >= 15 is 0 Å². The molecule has 2 amide bonds. The number of hydrogen-bond acceptors (Lipinski definition) is 6. The molecule has 0 bridgehead atoms. The van der Waals surface area contributed by atoms with Gasteiger partial charge in [-0.1, -0.05) is 48.5 Å². The summed E-state index contributed by atoms with van der Waals surface area (Å²) in [5.74, 6) is -0.0486. The van der Waals surface area contributed by atoms with Gasteiger partial charge in [0.25, 0.3) is 0 Å². The van der Waals surface area contributed by atoms with Gasteiger partial charge in [-0.3, -0.25) is 14.5 Å². The summed E-state index contributed by atoms with van der Waals surface area (Å²) in [6, 6.07) is 15.6. The van der Waals surface area contributed by atoms with Crippen molar-refractivity contribution in [1.82, 2.24) is 25.0 Å². The minimum absolute atomic E-state index is 0.112. The Morgan fingerprint density at radius 1 is 0.914 bits per heavy atom. The van der Waals surface area contributed by atoms with E-state index in [-0.39, 0.29) is 29.9 Å². The Morgan fingerprint density at radius 3 is 2.40 bits per heavy atom. The molecule has 2 aromatic carbocycles. The first kappa shape index (κ1) is 24.9. The Kier molecular flexibility index (Phi) is 8.85. The highest BCUT2D eigenvalue weighted by atomic mass is 32.2. The highest BCUT2D eigenvalue weighted by Crippen LogP contribution is 2.21. The second-order valence-corrected chi connectivity index (χ2v) is 9.37. The molecule has 0 atom stereocenters. The van der Waals surface area contributed by atoms with Gasteiger partial charge >= 0.3 is 0 Å². The van der Waals surface area contributed by atoms with Crippen molar-refractivity contribution in [3.05, 3.63) is 71.8 Å². The van der Waals surface area contributed by atoms with Gasteiger partial charge in [-0.2, -0.15) is 0 Å². The number of thioether (sulfide) groups is 1. The molecule has 1 fully saturated rings. The topological polar surface area (TPSA) is 92.2 Å². The molecule has 0 radical (unpaired) electrons. The van der Waals surface area contributed by atoms with Crippen molar-refractivity contribution >= 4 is 29.3 Å². The van der Waals surface area contributed by atoms with Crippen molar-refractivity contribution in [3.8, 4) is 0 Å². The second kappa shape index (κ2) is 12.5. The standard InChI is InChI=1S/C25H29FN6O2S/c26-20-9-11-21(12-10-20)28-23(33)15-27-24(34)18-35-25-30-29-22(17-31-13-5-2-6-14-31)32(25)16-19-7-3-1-4-8-19/h1,3-4,7-12H,2,5-6,13-18H2,(H,27,34)(H,28,33). The fourth-order valence-corrected chi connectivity index (χ4v) is 4.67. The number of carbonyl (C=O) groups is 2. The summed E-state index contributed by atoms with van der Waals surface area (Å²) in [6.07, 6.45) is 3.66. The molecule has 0 unspecified atom stereocenters. The van der Waals surface area contributed by atoms with E-state index in [1.54, 1.807) is 0 Å². The summed E-state index contributed by atoms with van der Waals surface area (Å²) >= 11 is 1.30. The molecular formula is C25H29FN6O2S. The van der Waals surface area contributed by atoms with Crippen molar-refractivity contribution in [1.29, 1.82) is 0 Å². The monoisotopic (exact) mass is 496 g/mol. The number of nitrogens with zero attached hydrogens (tertiary/aromatic N) is 4. The van der Waals surface area contributed by atoms with Crippen LogP contribution in [-0.4, -0.2) is 56.9 Å². The molecule has 35 heavy (non-hydrogen) atoms. The van der Waals surface area contributed by atoms with Crippen LogP contribution < -0.4 is 10.6 Å². The van der Waals surface area contributed by atoms with E-state index in [9.17, 15) is 14.0 Å². The Hall–Kier alpha value is -3.24. The lowest BCUT2D eigenvalue weighted by Gasteiger charge is -2.26. The normalized spacial score (nSPS) is 14.0. The predicted octanol–water partition coefficient (Wildman–Crippen LogP) is 3.30. The van der Waals surface area contributed by atoms with Gasteiger partial charge < -0.3 is 15.2 Å². The zero-order valence-electron chi connectivity index (χ0n) is 19.5. The molecule has 0 saturated carbocycles. The molecule has 10 heteroatoms. The average molecular weight is 497 g/mol. The van der Waals surface area contributed by atoms with Crippen LogP contribution in [0.5, 0.6) is 0 Å². The van der Waals surface area contributed by atoms with Crippen LogP contribution in [0.4, 0.5) is 10.1 Å². The maximum absolute atomic E-state index is 13.0. The van der Waals surface area contributed by atoms with E-state index in [2.05, 4.69) is 42.4 Å². The van der Waals surface area contributed by atoms with Crippen LogP contribution in [0.25, 0.3) is 0 Å². The van der Waals surface area contributed by atoms with Gasteiger partial charge in [0.05, 0.1) is 25.4 Å². The molecule has 1 saturated heterocycles. The number of hydrogen-bond donors (Lipinski definition) is 2. The first-order chi connectivity index (χ1) is 17.1. The van der Waals surface area contributed by atoms with Gasteiger partial charge in [0.15, 0.2) is 5.16 Å². The molecule has 1 aromatic heterocycles. The Balaban J connectivity index is 1.33. The molecule has 2 heterocycles. The lowest BCUT2D eigenvalue weighted by molar-refractivity contribution is -0.122. The van der Waals surface area contributed by atoms with Gasteiger partial charge in [0.2, 0.25) is 11.8 Å². The highest BCUT2D eigenvalue weighted by molar-refractivity contribution is 7.99. The third-order valence-electron chi connectivity index (χ3n) is 5.70. The SMILES string of the molecule is O=C(CSc1nnc(CN2CCCCC2)n1Cc1ccccc1)NCC(=O)Nc1ccc(F)cc1. The van der Waals surface area contributed by atoms with Crippen molar-refractivity contribution < 1.29 is 14.0 Å². The maximum atomic E-state index is 13.0. The number of piperidine rings is 1. The number of anilines is 1. The lowest BCUT2D eigenvalue weighted by Crippen LogP contribution is -2.34. The first-order valence-electron chi connectivity index (χ1n) is 11.7. The van der Waals surface area contributed by atoms with Crippen LogP contribution in [-0.2, 0) is 22.7 Å². The highest BCUT2D eigenvalue weighted by Gasteiger charge is 2.19. The number of amides is 2. The largest absolute Gasteiger partial charge is 0.346 e. The van der Waals surface area contributed by atoms with Crippen LogP contribution in [0.15, 0.2) is 59.8 Å². The van der Waals surface area contributed by atoms with E-state index in [0.29, 0.717) is 17.4 Å². The summed E-state index contributed by atoms with van der Waals surface area (Å²) in [5.41, 5.74) is 1.60. The zero-order valence-corrected chi connectivity index (χ0v) is 20.3. The van der Waals surface area contributed by atoms with E-state index in [0.717, 1.165) is 31.0 Å². The van der Waals surface area contributed by atoms with Gasteiger partial charge in [0, 0.05) is 5.69 Å². The van der Waals surface area contributed by atoms with Gasteiger partial charge in [0.1, 0.15) is 11.6 Å². The quantitative estimate of drug-likeness (QED) is 0.419. The molecule has 1 aliphatic heterocycles. The number of nitrogens with one attached hydrogen (secondary N) is 2. The summed E-state index contributed by atoms with van der Waals surface area (Å²) in [4.78, 5) is 26.9. The molecule has 184 valence electrons. The smallest absolute Gasteiger partial charge is 0.243 e. The second-order valence-electron chi connectivity index (χ2n) is 8.43. The predicted molar refractivity (Wildman–Crippen MR) is 133 cm³/mol. The molecule has 1 aliphatic rings. The number of carbonyl (C=O) groups excluding carboxylic acids is 2. The molecule has 4 rings (SSSR count). The van der Waals surface area contributed by atoms with E-state index in [1.165, 1.54) is 55.3 Å². The first-order valence-corrected chi connectivity index (χ1v) is 12.7. The summed E-state index contributed by atoms with van der Waals surface area (Å²) in [5, 5.41) is 14.7. The summed E-state index contributed by atoms with van der Waals surface area (Å²) in [7, 11) is 0. The zero-order chi connectivity index (χ0) is 24.5. The third-order valence-corrected chi connectivity index (χ3v) is 6.66. The summed E-state index contributed by atoms with van der Waals surface area (Å²) < 4.78 is 15.1. The number of halogens is 1. The van der Waals surface area contributed by atoms with E-state index < -0.39 is 0 Å². The number of aromatic nitrogens is 3. The minimum atomic E-state index is -0.383. The Labute approximate surface area is 208 Å². The van der Waals surface area contributed by atoms with Crippen LogP contribution in [0.3, 0.4) is 0 Å². The van der Waals surface area contributed by atoms with Crippen molar-refractivity contribution in [2.45, 2.75) is 37.5 Å². The van der Waals surface area contributed by atoms with Crippen molar-refractivity contribution in [3.63, 3.8) is 0 Å². The molecule has 0 spiro atoms.